The second kappa shape index (κ2) is 7.12. The zero-order valence-electron chi connectivity index (χ0n) is 13.4. The first kappa shape index (κ1) is 16.8. The van der Waals surface area contributed by atoms with Crippen LogP contribution >= 0.6 is 11.8 Å². The molecule has 6 heteroatoms. The standard InChI is InChI=1S/C16H21N3O2S/c1-10-5-11(2)18-16(14(10)6-17)22-9-15(20)19-7-12(3)21-13(4)8-19/h5,12-13H,7-9H2,1-4H3/t12-,13-/m1/s1. The number of thioether (sulfide) groups is 1. The van der Waals surface area contributed by atoms with Crippen LogP contribution in [0.3, 0.4) is 0 Å². The fourth-order valence-corrected chi connectivity index (χ4v) is 3.65. The fourth-order valence-electron chi connectivity index (χ4n) is 2.65. The summed E-state index contributed by atoms with van der Waals surface area (Å²) in [5, 5.41) is 9.90. The van der Waals surface area contributed by atoms with Crippen molar-refractivity contribution in [1.29, 1.82) is 5.26 Å². The second-order valence-corrected chi connectivity index (χ2v) is 6.68. The topological polar surface area (TPSA) is 66.2 Å². The van der Waals surface area contributed by atoms with E-state index in [-0.39, 0.29) is 18.1 Å². The molecular weight excluding hydrogens is 298 g/mol. The lowest BCUT2D eigenvalue weighted by atomic mass is 10.1. The molecule has 118 valence electrons. The predicted octanol–water partition coefficient (Wildman–Crippen LogP) is 2.30. The molecule has 0 radical (unpaired) electrons. The van der Waals surface area contributed by atoms with Crippen LogP contribution in [0.4, 0.5) is 0 Å². The Balaban J connectivity index is 2.04. The Morgan fingerprint density at radius 3 is 2.68 bits per heavy atom. The summed E-state index contributed by atoms with van der Waals surface area (Å²) in [5.74, 6) is 0.362. The maximum atomic E-state index is 12.4. The van der Waals surface area contributed by atoms with Gasteiger partial charge in [0, 0.05) is 18.8 Å². The van der Waals surface area contributed by atoms with E-state index in [0.717, 1.165) is 11.3 Å². The highest BCUT2D eigenvalue weighted by Crippen LogP contribution is 2.24. The molecule has 1 aromatic heterocycles. The number of ether oxygens (including phenoxy) is 1. The highest BCUT2D eigenvalue weighted by molar-refractivity contribution is 8.00. The van der Waals surface area contributed by atoms with Crippen LogP contribution in [0.1, 0.15) is 30.7 Å². The number of aryl methyl sites for hydroxylation is 2. The number of hydrogen-bond acceptors (Lipinski definition) is 5. The molecule has 1 fully saturated rings. The van der Waals surface area contributed by atoms with E-state index in [9.17, 15) is 10.1 Å². The third kappa shape index (κ3) is 3.99. The Kier molecular flexibility index (Phi) is 5.43. The summed E-state index contributed by atoms with van der Waals surface area (Å²) in [6.07, 6.45) is 0.124. The van der Waals surface area contributed by atoms with Crippen LogP contribution in [0.5, 0.6) is 0 Å². The van der Waals surface area contributed by atoms with Crippen molar-refractivity contribution in [3.63, 3.8) is 0 Å². The van der Waals surface area contributed by atoms with Crippen molar-refractivity contribution in [2.75, 3.05) is 18.8 Å². The van der Waals surface area contributed by atoms with Gasteiger partial charge in [0.1, 0.15) is 11.1 Å². The average molecular weight is 319 g/mol. The molecule has 0 N–H and O–H groups in total. The molecule has 1 aromatic rings. The van der Waals surface area contributed by atoms with Crippen LogP contribution in [-0.4, -0.2) is 46.8 Å². The van der Waals surface area contributed by atoms with Crippen molar-refractivity contribution in [3.05, 3.63) is 22.9 Å². The predicted molar refractivity (Wildman–Crippen MR) is 85.7 cm³/mol. The van der Waals surface area contributed by atoms with Gasteiger partial charge in [-0.3, -0.25) is 4.79 Å². The molecule has 5 nitrogen and oxygen atoms in total. The molecule has 0 spiro atoms. The Morgan fingerprint density at radius 1 is 1.45 bits per heavy atom. The van der Waals surface area contributed by atoms with Gasteiger partial charge in [-0.25, -0.2) is 4.98 Å². The number of hydrogen-bond donors (Lipinski definition) is 0. The lowest BCUT2D eigenvalue weighted by Gasteiger charge is -2.35. The van der Waals surface area contributed by atoms with Crippen molar-refractivity contribution < 1.29 is 9.53 Å². The average Bonchev–Trinajstić information content (AvgIpc) is 2.43. The molecule has 0 unspecified atom stereocenters. The summed E-state index contributed by atoms with van der Waals surface area (Å²) in [6.45, 7) is 8.98. The number of morpholine rings is 1. The highest BCUT2D eigenvalue weighted by atomic mass is 32.2. The van der Waals surface area contributed by atoms with Crippen molar-refractivity contribution in [1.82, 2.24) is 9.88 Å². The minimum atomic E-state index is 0.0618. The summed E-state index contributed by atoms with van der Waals surface area (Å²) in [7, 11) is 0. The number of aromatic nitrogens is 1. The number of rotatable bonds is 3. The second-order valence-electron chi connectivity index (χ2n) is 5.72. The third-order valence-corrected chi connectivity index (χ3v) is 4.49. The molecule has 1 aliphatic heterocycles. The third-order valence-electron chi connectivity index (χ3n) is 3.53. The Labute approximate surface area is 135 Å². The van der Waals surface area contributed by atoms with Crippen LogP contribution < -0.4 is 0 Å². The Bertz CT molecular complexity index is 602. The van der Waals surface area contributed by atoms with Gasteiger partial charge in [0.25, 0.3) is 0 Å². The zero-order valence-corrected chi connectivity index (χ0v) is 14.2. The molecule has 2 heterocycles. The maximum absolute atomic E-state index is 12.4. The van der Waals surface area contributed by atoms with Gasteiger partial charge >= 0.3 is 0 Å². The van der Waals surface area contributed by atoms with E-state index in [1.165, 1.54) is 11.8 Å². The van der Waals surface area contributed by atoms with Gasteiger partial charge in [-0.15, -0.1) is 0 Å². The van der Waals surface area contributed by atoms with Gasteiger partial charge in [-0.05, 0) is 39.3 Å². The van der Waals surface area contributed by atoms with Gasteiger partial charge in [0.2, 0.25) is 5.91 Å². The quantitative estimate of drug-likeness (QED) is 0.800. The summed E-state index contributed by atoms with van der Waals surface area (Å²) >= 11 is 1.34. The van der Waals surface area contributed by atoms with Gasteiger partial charge in [-0.2, -0.15) is 5.26 Å². The lowest BCUT2D eigenvalue weighted by Crippen LogP contribution is -2.48. The zero-order chi connectivity index (χ0) is 16.3. The van der Waals surface area contributed by atoms with E-state index < -0.39 is 0 Å². The Hall–Kier alpha value is -1.58. The molecule has 0 aromatic carbocycles. The van der Waals surface area contributed by atoms with Gasteiger partial charge in [-0.1, -0.05) is 11.8 Å². The van der Waals surface area contributed by atoms with E-state index in [1.54, 1.807) is 0 Å². The number of pyridine rings is 1. The first-order valence-corrected chi connectivity index (χ1v) is 8.33. The summed E-state index contributed by atoms with van der Waals surface area (Å²) in [4.78, 5) is 18.6. The van der Waals surface area contributed by atoms with Crippen LogP contribution in [-0.2, 0) is 9.53 Å². The van der Waals surface area contributed by atoms with E-state index in [2.05, 4.69) is 11.1 Å². The summed E-state index contributed by atoms with van der Waals surface area (Å²) < 4.78 is 5.64. The van der Waals surface area contributed by atoms with Gasteiger partial charge < -0.3 is 9.64 Å². The highest BCUT2D eigenvalue weighted by Gasteiger charge is 2.26. The molecule has 0 saturated carbocycles. The fraction of sp³-hybridized carbons (Fsp3) is 0.562. The molecule has 2 rings (SSSR count). The molecule has 22 heavy (non-hydrogen) atoms. The van der Waals surface area contributed by atoms with Crippen molar-refractivity contribution in [2.45, 2.75) is 44.9 Å². The van der Waals surface area contributed by atoms with Crippen molar-refractivity contribution in [3.8, 4) is 6.07 Å². The van der Waals surface area contributed by atoms with Crippen LogP contribution in [0.25, 0.3) is 0 Å². The molecule has 0 bridgehead atoms. The van der Waals surface area contributed by atoms with Crippen LogP contribution in [0.2, 0.25) is 0 Å². The summed E-state index contributed by atoms with van der Waals surface area (Å²) in [5.41, 5.74) is 2.32. The lowest BCUT2D eigenvalue weighted by molar-refractivity contribution is -0.140. The van der Waals surface area contributed by atoms with Crippen LogP contribution in [0.15, 0.2) is 11.1 Å². The van der Waals surface area contributed by atoms with Crippen molar-refractivity contribution in [2.24, 2.45) is 0 Å². The minimum Gasteiger partial charge on any atom is -0.372 e. The van der Waals surface area contributed by atoms with E-state index in [0.29, 0.717) is 29.4 Å². The number of nitrogens with zero attached hydrogens (tertiary/aromatic N) is 3. The van der Waals surface area contributed by atoms with E-state index in [1.807, 2.05) is 38.7 Å². The van der Waals surface area contributed by atoms with E-state index in [4.69, 9.17) is 4.74 Å². The van der Waals surface area contributed by atoms with E-state index >= 15 is 0 Å². The minimum absolute atomic E-state index is 0.0618. The number of amides is 1. The SMILES string of the molecule is Cc1cc(C)c(C#N)c(SCC(=O)N2C[C@@H](C)O[C@H](C)C2)n1. The monoisotopic (exact) mass is 319 g/mol. The molecule has 2 atom stereocenters. The van der Waals surface area contributed by atoms with Crippen molar-refractivity contribution >= 4 is 17.7 Å². The normalized spacial score (nSPS) is 21.5. The van der Waals surface area contributed by atoms with Crippen LogP contribution in [0, 0.1) is 25.2 Å². The molecule has 0 aliphatic carbocycles. The van der Waals surface area contributed by atoms with Gasteiger partial charge in [0.05, 0.1) is 23.5 Å². The molecule has 1 amide bonds. The molecule has 1 aliphatic rings. The first-order chi connectivity index (χ1) is 10.4. The smallest absolute Gasteiger partial charge is 0.233 e. The first-order valence-electron chi connectivity index (χ1n) is 7.35. The number of nitriles is 1. The largest absolute Gasteiger partial charge is 0.372 e. The maximum Gasteiger partial charge on any atom is 0.233 e. The number of carbonyl (C=O) groups excluding carboxylic acids is 1. The van der Waals surface area contributed by atoms with Gasteiger partial charge in [0.15, 0.2) is 0 Å². The molecule has 1 saturated heterocycles. The molecular formula is C16H21N3O2S. The number of carbonyl (C=O) groups is 1. The Morgan fingerprint density at radius 2 is 2.09 bits per heavy atom. The summed E-state index contributed by atoms with van der Waals surface area (Å²) in [6, 6.07) is 4.06.